The molecule has 0 fully saturated rings. The van der Waals surface area contributed by atoms with E-state index >= 15 is 0 Å². The first-order valence-electron chi connectivity index (χ1n) is 6.09. The lowest BCUT2D eigenvalue weighted by atomic mass is 10.3. The van der Waals surface area contributed by atoms with E-state index in [0.717, 1.165) is 22.9 Å². The van der Waals surface area contributed by atoms with E-state index in [9.17, 15) is 0 Å². The van der Waals surface area contributed by atoms with Gasteiger partial charge in [0, 0.05) is 26.5 Å². The molecule has 0 bridgehead atoms. The predicted octanol–water partition coefficient (Wildman–Crippen LogP) is 1.56. The van der Waals surface area contributed by atoms with E-state index in [2.05, 4.69) is 25.3 Å². The van der Waals surface area contributed by atoms with Gasteiger partial charge in [-0.3, -0.25) is 4.98 Å². The molecule has 6 heteroatoms. The summed E-state index contributed by atoms with van der Waals surface area (Å²) in [5, 5.41) is 3.25. The number of nitrogens with zero attached hydrogens (tertiary/aromatic N) is 5. The molecule has 0 unspecified atom stereocenters. The van der Waals surface area contributed by atoms with Crippen LogP contribution in [-0.2, 0) is 6.54 Å². The molecule has 0 aliphatic rings. The molecule has 0 spiro atoms. The van der Waals surface area contributed by atoms with Crippen LogP contribution >= 0.6 is 0 Å². The Hall–Kier alpha value is -2.24. The zero-order chi connectivity index (χ0) is 13.8. The molecule has 0 amide bonds. The minimum absolute atomic E-state index is 0.600. The molecule has 0 aromatic carbocycles. The van der Waals surface area contributed by atoms with Crippen LogP contribution in [0.5, 0.6) is 0 Å². The minimum Gasteiger partial charge on any atom is -0.363 e. The molecule has 6 nitrogen and oxygen atoms in total. The molecule has 2 aromatic heterocycles. The van der Waals surface area contributed by atoms with Crippen molar-refractivity contribution in [3.8, 4) is 0 Å². The quantitative estimate of drug-likeness (QED) is 0.897. The Labute approximate surface area is 113 Å². The van der Waals surface area contributed by atoms with Crippen LogP contribution in [0.3, 0.4) is 0 Å². The Morgan fingerprint density at radius 3 is 2.68 bits per heavy atom. The first-order chi connectivity index (χ1) is 9.06. The molecule has 2 heterocycles. The normalized spacial score (nSPS) is 10.3. The van der Waals surface area contributed by atoms with E-state index < -0.39 is 0 Å². The Kier molecular flexibility index (Phi) is 3.89. The van der Waals surface area contributed by atoms with Crippen molar-refractivity contribution in [2.24, 2.45) is 0 Å². The van der Waals surface area contributed by atoms with Gasteiger partial charge in [0.1, 0.15) is 5.82 Å². The molecule has 19 heavy (non-hydrogen) atoms. The lowest BCUT2D eigenvalue weighted by Gasteiger charge is -2.12. The van der Waals surface area contributed by atoms with Crippen LogP contribution in [0.1, 0.15) is 17.1 Å². The second-order valence-electron chi connectivity index (χ2n) is 4.54. The van der Waals surface area contributed by atoms with Gasteiger partial charge in [-0.15, -0.1) is 0 Å². The highest BCUT2D eigenvalue weighted by Gasteiger charge is 2.04. The number of aryl methyl sites for hydroxylation is 2. The second kappa shape index (κ2) is 5.60. The van der Waals surface area contributed by atoms with Gasteiger partial charge in [-0.2, -0.15) is 0 Å². The summed E-state index contributed by atoms with van der Waals surface area (Å²) in [6, 6.07) is 1.89. The largest absolute Gasteiger partial charge is 0.363 e. The Bertz CT molecular complexity index is 567. The summed E-state index contributed by atoms with van der Waals surface area (Å²) in [6.45, 7) is 4.45. The van der Waals surface area contributed by atoms with E-state index in [1.165, 1.54) is 0 Å². The fourth-order valence-corrected chi connectivity index (χ4v) is 1.58. The van der Waals surface area contributed by atoms with Crippen molar-refractivity contribution in [2.45, 2.75) is 20.4 Å². The maximum atomic E-state index is 4.44. The van der Waals surface area contributed by atoms with Crippen molar-refractivity contribution in [1.82, 2.24) is 19.9 Å². The second-order valence-corrected chi connectivity index (χ2v) is 4.54. The Morgan fingerprint density at radius 1 is 1.16 bits per heavy atom. The highest BCUT2D eigenvalue weighted by atomic mass is 15.2. The molecule has 2 rings (SSSR count). The van der Waals surface area contributed by atoms with Gasteiger partial charge in [-0.1, -0.05) is 0 Å². The van der Waals surface area contributed by atoms with Crippen molar-refractivity contribution in [3.63, 3.8) is 0 Å². The Morgan fingerprint density at radius 2 is 1.95 bits per heavy atom. The zero-order valence-corrected chi connectivity index (χ0v) is 11.7. The number of aromatic nitrogens is 4. The van der Waals surface area contributed by atoms with Gasteiger partial charge in [0.05, 0.1) is 23.6 Å². The molecule has 0 aliphatic carbocycles. The Balaban J connectivity index is 2.10. The van der Waals surface area contributed by atoms with Gasteiger partial charge in [-0.25, -0.2) is 15.0 Å². The maximum Gasteiger partial charge on any atom is 0.225 e. The molecule has 0 atom stereocenters. The molecule has 0 saturated heterocycles. The highest BCUT2D eigenvalue weighted by Crippen LogP contribution is 2.10. The topological polar surface area (TPSA) is 66.8 Å². The third-order valence-electron chi connectivity index (χ3n) is 2.61. The third kappa shape index (κ3) is 3.37. The van der Waals surface area contributed by atoms with Crippen LogP contribution in [0, 0.1) is 13.8 Å². The van der Waals surface area contributed by atoms with Gasteiger partial charge >= 0.3 is 0 Å². The molecule has 2 aromatic rings. The van der Waals surface area contributed by atoms with Crippen molar-refractivity contribution in [2.75, 3.05) is 24.3 Å². The smallest absolute Gasteiger partial charge is 0.225 e. The monoisotopic (exact) mass is 258 g/mol. The summed E-state index contributed by atoms with van der Waals surface area (Å²) in [7, 11) is 3.84. The maximum absolute atomic E-state index is 4.44. The molecule has 1 N–H and O–H groups in total. The highest BCUT2D eigenvalue weighted by molar-refractivity contribution is 5.40. The fraction of sp³-hybridized carbons (Fsp3) is 0.385. The minimum atomic E-state index is 0.600. The van der Waals surface area contributed by atoms with Crippen LogP contribution in [0.4, 0.5) is 11.8 Å². The molecule has 0 radical (unpaired) electrons. The summed E-state index contributed by atoms with van der Waals surface area (Å²) >= 11 is 0. The average Bonchev–Trinajstić information content (AvgIpc) is 2.40. The van der Waals surface area contributed by atoms with Gasteiger partial charge in [0.25, 0.3) is 0 Å². The fourth-order valence-electron chi connectivity index (χ4n) is 1.58. The van der Waals surface area contributed by atoms with E-state index in [-0.39, 0.29) is 0 Å². The predicted molar refractivity (Wildman–Crippen MR) is 75.2 cm³/mol. The van der Waals surface area contributed by atoms with E-state index in [1.807, 2.05) is 38.9 Å². The lowest BCUT2D eigenvalue weighted by Crippen LogP contribution is -2.14. The van der Waals surface area contributed by atoms with Crippen molar-refractivity contribution in [1.29, 1.82) is 0 Å². The van der Waals surface area contributed by atoms with Gasteiger partial charge < -0.3 is 10.2 Å². The van der Waals surface area contributed by atoms with Crippen LogP contribution in [0.25, 0.3) is 0 Å². The van der Waals surface area contributed by atoms with Crippen molar-refractivity contribution >= 4 is 11.8 Å². The number of nitrogens with one attached hydrogen (secondary N) is 1. The summed E-state index contributed by atoms with van der Waals surface area (Å²) < 4.78 is 0. The summed E-state index contributed by atoms with van der Waals surface area (Å²) in [5.41, 5.74) is 2.69. The molecule has 0 saturated carbocycles. The number of anilines is 2. The van der Waals surface area contributed by atoms with Gasteiger partial charge in [-0.05, 0) is 19.9 Å². The van der Waals surface area contributed by atoms with Gasteiger partial charge in [0.15, 0.2) is 0 Å². The van der Waals surface area contributed by atoms with Crippen LogP contribution in [0.15, 0.2) is 18.5 Å². The summed E-state index contributed by atoms with van der Waals surface area (Å²) in [4.78, 5) is 19.2. The van der Waals surface area contributed by atoms with E-state index in [1.54, 1.807) is 12.4 Å². The van der Waals surface area contributed by atoms with Crippen molar-refractivity contribution < 1.29 is 0 Å². The van der Waals surface area contributed by atoms with Crippen molar-refractivity contribution in [3.05, 3.63) is 35.5 Å². The van der Waals surface area contributed by atoms with Gasteiger partial charge in [0.2, 0.25) is 5.95 Å². The third-order valence-corrected chi connectivity index (χ3v) is 2.61. The SMILES string of the molecule is Cc1cnc(C)c(NCc2ccnc(N(C)C)n2)n1. The summed E-state index contributed by atoms with van der Waals surface area (Å²) in [6.07, 6.45) is 3.52. The van der Waals surface area contributed by atoms with Crippen LogP contribution in [0.2, 0.25) is 0 Å². The molecular formula is C13H18N6. The number of hydrogen-bond acceptors (Lipinski definition) is 6. The molecule has 0 aliphatic heterocycles. The first kappa shape index (κ1) is 13.2. The van der Waals surface area contributed by atoms with Crippen LogP contribution in [-0.4, -0.2) is 34.0 Å². The summed E-state index contributed by atoms with van der Waals surface area (Å²) in [5.74, 6) is 1.50. The zero-order valence-electron chi connectivity index (χ0n) is 11.7. The van der Waals surface area contributed by atoms with Crippen LogP contribution < -0.4 is 10.2 Å². The number of hydrogen-bond donors (Lipinski definition) is 1. The average molecular weight is 258 g/mol. The lowest BCUT2D eigenvalue weighted by molar-refractivity contribution is 0.933. The van der Waals surface area contributed by atoms with E-state index in [0.29, 0.717) is 12.5 Å². The first-order valence-corrected chi connectivity index (χ1v) is 6.09. The van der Waals surface area contributed by atoms with E-state index in [4.69, 9.17) is 0 Å². The molecular weight excluding hydrogens is 240 g/mol. The number of rotatable bonds is 4. The molecule has 100 valence electrons. The standard InChI is InChI=1S/C13H18N6/c1-9-7-15-10(2)12(17-9)16-8-11-5-6-14-13(18-11)19(3)4/h5-7H,8H2,1-4H3,(H,16,17).